The summed E-state index contributed by atoms with van der Waals surface area (Å²) in [4.78, 5) is 29.5. The van der Waals surface area contributed by atoms with Gasteiger partial charge in [0.15, 0.2) is 0 Å². The molecule has 0 fully saturated rings. The van der Waals surface area contributed by atoms with Crippen LogP contribution in [-0.4, -0.2) is 42.3 Å². The third-order valence-electron chi connectivity index (χ3n) is 5.16. The molecule has 0 radical (unpaired) electrons. The molecule has 190 valence electrons. The summed E-state index contributed by atoms with van der Waals surface area (Å²) in [6, 6.07) is 13.9. The molecule has 2 amide bonds. The predicted molar refractivity (Wildman–Crippen MR) is 128 cm³/mol. The Kier molecular flexibility index (Phi) is 8.65. The van der Waals surface area contributed by atoms with Crippen LogP contribution in [0.3, 0.4) is 0 Å². The summed E-state index contributed by atoms with van der Waals surface area (Å²) in [6.07, 6.45) is -2.62. The maximum Gasteiger partial charge on any atom is 0.416 e. The Morgan fingerprint density at radius 1 is 1.03 bits per heavy atom. The fraction of sp³-hybridized carbons (Fsp3) is 0.269. The molecular formula is C26H27F3N4O3. The van der Waals surface area contributed by atoms with E-state index in [9.17, 15) is 22.8 Å². The van der Waals surface area contributed by atoms with Crippen LogP contribution in [0.15, 0.2) is 60.8 Å². The largest absolute Gasteiger partial charge is 0.489 e. The van der Waals surface area contributed by atoms with E-state index in [1.54, 1.807) is 43.3 Å². The van der Waals surface area contributed by atoms with Crippen LogP contribution in [0.5, 0.6) is 5.75 Å². The highest BCUT2D eigenvalue weighted by Gasteiger charge is 2.31. The number of amides is 2. The van der Waals surface area contributed by atoms with Crippen molar-refractivity contribution in [3.63, 3.8) is 0 Å². The van der Waals surface area contributed by atoms with Gasteiger partial charge in [-0.15, -0.1) is 0 Å². The van der Waals surface area contributed by atoms with Gasteiger partial charge >= 0.3 is 6.18 Å². The molecule has 3 N–H and O–H groups in total. The molecule has 36 heavy (non-hydrogen) atoms. The minimum absolute atomic E-state index is 0.0357. The molecule has 0 aliphatic carbocycles. The number of nitrogens with one attached hydrogen (secondary N) is 1. The van der Waals surface area contributed by atoms with Crippen LogP contribution in [0.25, 0.3) is 0 Å². The number of nitrogens with two attached hydrogens (primary N) is 1. The lowest BCUT2D eigenvalue weighted by atomic mass is 10.0. The number of nitrogens with zero attached hydrogens (tertiary/aromatic N) is 2. The van der Waals surface area contributed by atoms with Gasteiger partial charge in [0.05, 0.1) is 5.56 Å². The summed E-state index contributed by atoms with van der Waals surface area (Å²) in [5.74, 6) is -0.612. The van der Waals surface area contributed by atoms with Gasteiger partial charge in [-0.2, -0.15) is 13.2 Å². The fourth-order valence-corrected chi connectivity index (χ4v) is 3.52. The van der Waals surface area contributed by atoms with Crippen molar-refractivity contribution in [3.05, 3.63) is 94.3 Å². The van der Waals surface area contributed by atoms with Crippen molar-refractivity contribution in [2.45, 2.75) is 25.7 Å². The molecule has 0 aliphatic heterocycles. The lowest BCUT2D eigenvalue weighted by Crippen LogP contribution is -2.26. The van der Waals surface area contributed by atoms with Crippen LogP contribution in [0.4, 0.5) is 13.2 Å². The van der Waals surface area contributed by atoms with Crippen molar-refractivity contribution < 1.29 is 27.5 Å². The van der Waals surface area contributed by atoms with Gasteiger partial charge in [-0.25, -0.2) is 0 Å². The monoisotopic (exact) mass is 500 g/mol. The highest BCUT2D eigenvalue weighted by molar-refractivity contribution is 5.94. The Bertz CT molecular complexity index is 1230. The maximum absolute atomic E-state index is 13.3. The first-order chi connectivity index (χ1) is 17.0. The first-order valence-corrected chi connectivity index (χ1v) is 11.1. The van der Waals surface area contributed by atoms with E-state index < -0.39 is 23.6 Å². The first kappa shape index (κ1) is 26.7. The number of alkyl halides is 3. The molecule has 3 aromatic rings. The molecule has 0 saturated heterocycles. The fourth-order valence-electron chi connectivity index (χ4n) is 3.52. The highest BCUT2D eigenvalue weighted by Crippen LogP contribution is 2.31. The normalized spacial score (nSPS) is 11.4. The third-order valence-corrected chi connectivity index (χ3v) is 5.16. The summed E-state index contributed by atoms with van der Waals surface area (Å²) in [7, 11) is 3.49. The van der Waals surface area contributed by atoms with Crippen molar-refractivity contribution in [2.24, 2.45) is 5.73 Å². The summed E-state index contributed by atoms with van der Waals surface area (Å²) < 4.78 is 45.7. The van der Waals surface area contributed by atoms with Gasteiger partial charge in [-0.1, -0.05) is 12.1 Å². The van der Waals surface area contributed by atoms with Crippen molar-refractivity contribution in [1.29, 1.82) is 0 Å². The highest BCUT2D eigenvalue weighted by atomic mass is 19.4. The lowest BCUT2D eigenvalue weighted by Gasteiger charge is -2.15. The van der Waals surface area contributed by atoms with E-state index in [4.69, 9.17) is 10.5 Å². The Morgan fingerprint density at radius 3 is 2.50 bits per heavy atom. The molecule has 1 aromatic heterocycles. The second-order valence-corrected chi connectivity index (χ2v) is 8.51. The summed E-state index contributed by atoms with van der Waals surface area (Å²) >= 11 is 0. The van der Waals surface area contributed by atoms with Gasteiger partial charge in [-0.05, 0) is 79.7 Å². The average Bonchev–Trinajstić information content (AvgIpc) is 2.82. The van der Waals surface area contributed by atoms with Crippen LogP contribution in [-0.2, 0) is 25.7 Å². The predicted octanol–water partition coefficient (Wildman–Crippen LogP) is 3.81. The zero-order valence-corrected chi connectivity index (χ0v) is 19.9. The summed E-state index contributed by atoms with van der Waals surface area (Å²) in [5, 5.41) is 2.69. The van der Waals surface area contributed by atoms with Crippen LogP contribution in [0, 0.1) is 0 Å². The second kappa shape index (κ2) is 11.7. The molecule has 0 aliphatic rings. The standard InChI is InChI=1S/C26H27F3N4O3/c1-33(2)15-19-10-20(14-21(11-19)26(27,28)29)25(35)32-9-6-17-4-3-5-22(12-17)36-16-18-7-8-31-23(13-18)24(30)34/h3-5,7-8,10-14H,6,9,15-16H2,1-2H3,(H2,30,34)(H,32,35). The number of benzene rings is 2. The summed E-state index contributed by atoms with van der Waals surface area (Å²) in [6.45, 7) is 0.710. The zero-order valence-electron chi connectivity index (χ0n) is 19.9. The number of pyridine rings is 1. The van der Waals surface area contributed by atoms with E-state index >= 15 is 0 Å². The van der Waals surface area contributed by atoms with E-state index in [0.29, 0.717) is 17.7 Å². The molecule has 10 heteroatoms. The molecule has 2 aromatic carbocycles. The van der Waals surface area contributed by atoms with E-state index in [2.05, 4.69) is 10.3 Å². The first-order valence-electron chi connectivity index (χ1n) is 11.1. The SMILES string of the molecule is CN(C)Cc1cc(C(=O)NCCc2cccc(OCc3ccnc(C(N)=O)c3)c2)cc(C(F)(F)F)c1. The molecule has 3 rings (SSSR count). The van der Waals surface area contributed by atoms with Crippen LogP contribution >= 0.6 is 0 Å². The molecular weight excluding hydrogens is 473 g/mol. The Labute approximate surface area is 207 Å². The third kappa shape index (κ3) is 7.81. The second-order valence-electron chi connectivity index (χ2n) is 8.51. The summed E-state index contributed by atoms with van der Waals surface area (Å²) in [5.41, 5.74) is 6.51. The van der Waals surface area contributed by atoms with Crippen molar-refractivity contribution in [3.8, 4) is 5.75 Å². The van der Waals surface area contributed by atoms with Crippen molar-refractivity contribution in [2.75, 3.05) is 20.6 Å². The van der Waals surface area contributed by atoms with Crippen molar-refractivity contribution >= 4 is 11.8 Å². The molecule has 0 saturated carbocycles. The van der Waals surface area contributed by atoms with Crippen LogP contribution in [0.2, 0.25) is 0 Å². The molecule has 0 spiro atoms. The van der Waals surface area contributed by atoms with E-state index in [-0.39, 0.29) is 31.0 Å². The Hall–Kier alpha value is -3.92. The van der Waals surface area contributed by atoms with Gasteiger partial charge in [-0.3, -0.25) is 14.6 Å². The Balaban J connectivity index is 1.60. The number of ether oxygens (including phenoxy) is 1. The maximum atomic E-state index is 13.3. The molecule has 0 unspecified atom stereocenters. The van der Waals surface area contributed by atoms with Gasteiger partial charge in [0.25, 0.3) is 11.8 Å². The average molecular weight is 501 g/mol. The van der Waals surface area contributed by atoms with Gasteiger partial charge in [0, 0.05) is 24.8 Å². The molecule has 7 nitrogen and oxygen atoms in total. The number of hydrogen-bond donors (Lipinski definition) is 2. The number of aromatic nitrogens is 1. The smallest absolute Gasteiger partial charge is 0.416 e. The van der Waals surface area contributed by atoms with Gasteiger partial charge < -0.3 is 20.7 Å². The quantitative estimate of drug-likeness (QED) is 0.441. The molecule has 0 bridgehead atoms. The number of carbonyl (C=O) groups excluding carboxylic acids is 2. The molecule has 0 atom stereocenters. The van der Waals surface area contributed by atoms with E-state index in [0.717, 1.165) is 23.3 Å². The Morgan fingerprint density at radius 2 is 1.81 bits per heavy atom. The van der Waals surface area contributed by atoms with Crippen LogP contribution < -0.4 is 15.8 Å². The van der Waals surface area contributed by atoms with Crippen LogP contribution in [0.1, 0.15) is 43.1 Å². The van der Waals surface area contributed by atoms with Crippen molar-refractivity contribution in [1.82, 2.24) is 15.2 Å². The van der Waals surface area contributed by atoms with Gasteiger partial charge in [0.2, 0.25) is 0 Å². The minimum atomic E-state index is -4.55. The number of rotatable bonds is 10. The number of halogens is 3. The number of hydrogen-bond acceptors (Lipinski definition) is 5. The topological polar surface area (TPSA) is 97.6 Å². The lowest BCUT2D eigenvalue weighted by molar-refractivity contribution is -0.137. The zero-order chi connectivity index (χ0) is 26.3. The number of primary amides is 1. The number of carbonyl (C=O) groups is 2. The van der Waals surface area contributed by atoms with E-state index in [1.807, 2.05) is 12.1 Å². The molecule has 1 heterocycles. The minimum Gasteiger partial charge on any atom is -0.489 e. The van der Waals surface area contributed by atoms with Gasteiger partial charge in [0.1, 0.15) is 18.1 Å². The van der Waals surface area contributed by atoms with E-state index in [1.165, 1.54) is 12.3 Å².